The van der Waals surface area contributed by atoms with E-state index < -0.39 is 24.2 Å². The van der Waals surface area contributed by atoms with Gasteiger partial charge in [0.25, 0.3) is 0 Å². The lowest BCUT2D eigenvalue weighted by atomic mass is 9.98. The fourth-order valence-electron chi connectivity index (χ4n) is 5.75. The summed E-state index contributed by atoms with van der Waals surface area (Å²) in [5.41, 5.74) is 4.67. The maximum Gasteiger partial charge on any atom is 0.407 e. The molecular weight excluding hydrogens is 448 g/mol. The molecule has 0 aromatic heterocycles. The van der Waals surface area contributed by atoms with E-state index in [-0.39, 0.29) is 36.8 Å². The minimum atomic E-state index is -1.07. The van der Waals surface area contributed by atoms with Crippen LogP contribution in [0.4, 0.5) is 4.79 Å². The number of carbonyl (C=O) groups excluding carboxylic acids is 2. The molecule has 8 heteroatoms. The second-order valence-electron chi connectivity index (χ2n) is 9.56. The lowest BCUT2D eigenvalue weighted by Gasteiger charge is -2.23. The third-order valence-corrected chi connectivity index (χ3v) is 7.44. The summed E-state index contributed by atoms with van der Waals surface area (Å²) >= 11 is 0. The van der Waals surface area contributed by atoms with E-state index in [1.807, 2.05) is 24.3 Å². The molecule has 3 N–H and O–H groups in total. The minimum absolute atomic E-state index is 0.00545. The number of alkyl carbamates (subject to hydrolysis) is 1. The van der Waals surface area contributed by atoms with Crippen LogP contribution in [0.2, 0.25) is 0 Å². The van der Waals surface area contributed by atoms with Crippen molar-refractivity contribution in [2.24, 2.45) is 5.92 Å². The van der Waals surface area contributed by atoms with Crippen LogP contribution in [0.5, 0.6) is 0 Å². The normalized spacial score (nSPS) is 25.0. The Morgan fingerprint density at radius 3 is 2.29 bits per heavy atom. The molecular formula is C27H30N2O6. The van der Waals surface area contributed by atoms with Crippen LogP contribution in [0, 0.1) is 5.92 Å². The lowest BCUT2D eigenvalue weighted by molar-refractivity contribution is -0.148. The maximum absolute atomic E-state index is 12.7. The largest absolute Gasteiger partial charge is 0.479 e. The first-order chi connectivity index (χ1) is 17.0. The number of rotatable bonds is 7. The minimum Gasteiger partial charge on any atom is -0.479 e. The Balaban J connectivity index is 1.15. The third kappa shape index (κ3) is 4.89. The molecule has 2 aromatic carbocycles. The van der Waals surface area contributed by atoms with Gasteiger partial charge in [-0.1, -0.05) is 55.0 Å². The fourth-order valence-corrected chi connectivity index (χ4v) is 5.75. The number of hydrogen-bond donors (Lipinski definition) is 3. The van der Waals surface area contributed by atoms with Crippen molar-refractivity contribution in [2.75, 3.05) is 13.2 Å². The van der Waals surface area contributed by atoms with Crippen LogP contribution in [0.1, 0.15) is 49.1 Å². The molecule has 2 aromatic rings. The summed E-state index contributed by atoms with van der Waals surface area (Å²) in [5, 5.41) is 15.0. The molecule has 5 rings (SSSR count). The van der Waals surface area contributed by atoms with Crippen LogP contribution in [0.15, 0.2) is 48.5 Å². The number of aliphatic carboxylic acids is 1. The van der Waals surface area contributed by atoms with Crippen LogP contribution < -0.4 is 10.6 Å². The summed E-state index contributed by atoms with van der Waals surface area (Å²) in [6, 6.07) is 15.7. The van der Waals surface area contributed by atoms with Crippen LogP contribution in [0.25, 0.3) is 11.1 Å². The van der Waals surface area contributed by atoms with Crippen molar-refractivity contribution >= 4 is 18.0 Å². The van der Waals surface area contributed by atoms with E-state index in [1.165, 1.54) is 11.1 Å². The summed E-state index contributed by atoms with van der Waals surface area (Å²) in [7, 11) is 0. The molecule has 1 saturated carbocycles. The summed E-state index contributed by atoms with van der Waals surface area (Å²) in [4.78, 5) is 36.5. The molecule has 35 heavy (non-hydrogen) atoms. The Morgan fingerprint density at radius 1 is 0.914 bits per heavy atom. The van der Waals surface area contributed by atoms with Gasteiger partial charge in [0.1, 0.15) is 6.61 Å². The van der Waals surface area contributed by atoms with Gasteiger partial charge in [0.2, 0.25) is 5.91 Å². The standard InChI is InChI=1S/C27H30N2O6/c30-24(28-23-12-13-34-25(23)26(31)32)14-16-6-5-11-22(16)29-27(33)35-15-21-19-9-3-1-7-17(19)18-8-2-4-10-20(18)21/h1-4,7-10,16,21-23,25H,5-6,11-15H2,(H,28,30)(H,29,33)(H,31,32)/t16?,22?,23-,25+/m0/s1. The Bertz CT molecular complexity index is 1070. The second-order valence-corrected chi connectivity index (χ2v) is 9.56. The molecule has 0 radical (unpaired) electrons. The van der Waals surface area contributed by atoms with Crippen LogP contribution in [0.3, 0.4) is 0 Å². The zero-order chi connectivity index (χ0) is 24.4. The van der Waals surface area contributed by atoms with Crippen LogP contribution in [-0.2, 0) is 19.1 Å². The Morgan fingerprint density at radius 2 is 1.60 bits per heavy atom. The van der Waals surface area contributed by atoms with E-state index >= 15 is 0 Å². The van der Waals surface area contributed by atoms with E-state index in [0.29, 0.717) is 13.0 Å². The lowest BCUT2D eigenvalue weighted by Crippen LogP contribution is -2.45. The highest BCUT2D eigenvalue weighted by atomic mass is 16.5. The quantitative estimate of drug-likeness (QED) is 0.562. The Labute approximate surface area is 204 Å². The first-order valence-corrected chi connectivity index (χ1v) is 12.3. The Hall–Kier alpha value is -3.39. The fraction of sp³-hybridized carbons (Fsp3) is 0.444. The van der Waals surface area contributed by atoms with Crippen molar-refractivity contribution in [1.29, 1.82) is 0 Å². The van der Waals surface area contributed by atoms with E-state index in [1.54, 1.807) is 0 Å². The molecule has 1 aliphatic heterocycles. The van der Waals surface area contributed by atoms with Gasteiger partial charge < -0.3 is 25.2 Å². The van der Waals surface area contributed by atoms with Gasteiger partial charge in [-0.15, -0.1) is 0 Å². The molecule has 8 nitrogen and oxygen atoms in total. The van der Waals surface area contributed by atoms with Crippen molar-refractivity contribution < 1.29 is 29.0 Å². The number of carboxylic acids is 1. The average molecular weight is 479 g/mol. The molecule has 2 fully saturated rings. The van der Waals surface area contributed by atoms with Crippen molar-refractivity contribution in [1.82, 2.24) is 10.6 Å². The smallest absolute Gasteiger partial charge is 0.407 e. The molecule has 0 spiro atoms. The number of amides is 2. The molecule has 3 aliphatic rings. The number of fused-ring (bicyclic) bond motifs is 3. The third-order valence-electron chi connectivity index (χ3n) is 7.44. The predicted octanol–water partition coefficient (Wildman–Crippen LogP) is 3.44. The summed E-state index contributed by atoms with van der Waals surface area (Å²) in [5.74, 6) is -1.29. The molecule has 0 bridgehead atoms. The zero-order valence-corrected chi connectivity index (χ0v) is 19.4. The highest BCUT2D eigenvalue weighted by Crippen LogP contribution is 2.44. The maximum atomic E-state index is 12.7. The number of nitrogens with one attached hydrogen (secondary N) is 2. The highest BCUT2D eigenvalue weighted by molar-refractivity contribution is 5.80. The zero-order valence-electron chi connectivity index (χ0n) is 19.4. The van der Waals surface area contributed by atoms with E-state index in [4.69, 9.17) is 9.47 Å². The molecule has 2 amide bonds. The second kappa shape index (κ2) is 10.1. The molecule has 184 valence electrons. The monoisotopic (exact) mass is 478 g/mol. The van der Waals surface area contributed by atoms with Gasteiger partial charge in [0.05, 0.1) is 6.04 Å². The summed E-state index contributed by atoms with van der Waals surface area (Å²) < 4.78 is 10.9. The van der Waals surface area contributed by atoms with Crippen molar-refractivity contribution in [2.45, 2.75) is 56.2 Å². The average Bonchev–Trinajstić information content (AvgIpc) is 3.56. The SMILES string of the molecule is O=C(CC1CCCC1NC(=O)OCC1c2ccccc2-c2ccccc21)N[C@H]1CCO[C@H]1C(=O)O. The summed E-state index contributed by atoms with van der Waals surface area (Å²) in [6.45, 7) is 0.563. The molecule has 2 aliphatic carbocycles. The predicted molar refractivity (Wildman–Crippen MR) is 128 cm³/mol. The number of carboxylic acid groups (broad SMARTS) is 1. The first-order valence-electron chi connectivity index (χ1n) is 12.3. The van der Waals surface area contributed by atoms with Gasteiger partial charge >= 0.3 is 12.1 Å². The van der Waals surface area contributed by atoms with Gasteiger partial charge in [-0.25, -0.2) is 9.59 Å². The molecule has 1 heterocycles. The van der Waals surface area contributed by atoms with Crippen molar-refractivity contribution in [3.05, 3.63) is 59.7 Å². The topological polar surface area (TPSA) is 114 Å². The van der Waals surface area contributed by atoms with Gasteiger partial charge in [0.15, 0.2) is 6.10 Å². The number of ether oxygens (including phenoxy) is 2. The molecule has 4 atom stereocenters. The van der Waals surface area contributed by atoms with E-state index in [0.717, 1.165) is 30.4 Å². The number of benzene rings is 2. The van der Waals surface area contributed by atoms with Crippen molar-refractivity contribution in [3.8, 4) is 11.1 Å². The van der Waals surface area contributed by atoms with Crippen LogP contribution in [-0.4, -0.2) is 54.5 Å². The Kier molecular flexibility index (Phi) is 6.72. The van der Waals surface area contributed by atoms with Gasteiger partial charge in [-0.3, -0.25) is 4.79 Å². The van der Waals surface area contributed by atoms with Crippen molar-refractivity contribution in [3.63, 3.8) is 0 Å². The van der Waals surface area contributed by atoms with Gasteiger partial charge in [-0.2, -0.15) is 0 Å². The first kappa shape index (κ1) is 23.4. The molecule has 1 saturated heterocycles. The van der Waals surface area contributed by atoms with Gasteiger partial charge in [0, 0.05) is 25.0 Å². The van der Waals surface area contributed by atoms with Crippen LogP contribution >= 0.6 is 0 Å². The molecule has 2 unspecified atom stereocenters. The number of carbonyl (C=O) groups is 3. The van der Waals surface area contributed by atoms with E-state index in [9.17, 15) is 19.5 Å². The van der Waals surface area contributed by atoms with E-state index in [2.05, 4.69) is 34.9 Å². The van der Waals surface area contributed by atoms with Gasteiger partial charge in [-0.05, 0) is 47.4 Å². The number of hydrogen-bond acceptors (Lipinski definition) is 5. The highest BCUT2D eigenvalue weighted by Gasteiger charge is 2.37. The summed E-state index contributed by atoms with van der Waals surface area (Å²) in [6.07, 6.45) is 1.76.